The molecule has 0 saturated heterocycles. The Balaban J connectivity index is 1.84. The fourth-order valence-corrected chi connectivity index (χ4v) is 3.70. The predicted octanol–water partition coefficient (Wildman–Crippen LogP) is 4.71. The molecular formula is C23H23NO4. The van der Waals surface area contributed by atoms with Gasteiger partial charge in [0.15, 0.2) is 0 Å². The van der Waals surface area contributed by atoms with E-state index in [0.717, 1.165) is 42.2 Å². The van der Waals surface area contributed by atoms with Crippen LogP contribution in [0.1, 0.15) is 48.2 Å². The van der Waals surface area contributed by atoms with Crippen molar-refractivity contribution in [1.82, 2.24) is 0 Å². The Kier molecular flexibility index (Phi) is 4.90. The molecule has 5 heteroatoms. The summed E-state index contributed by atoms with van der Waals surface area (Å²) in [5.41, 5.74) is 3.18. The fourth-order valence-electron chi connectivity index (χ4n) is 3.70. The quantitative estimate of drug-likeness (QED) is 0.669. The van der Waals surface area contributed by atoms with E-state index < -0.39 is 0 Å². The van der Waals surface area contributed by atoms with Crippen molar-refractivity contribution in [3.63, 3.8) is 0 Å². The lowest BCUT2D eigenvalue weighted by atomic mass is 9.90. The lowest BCUT2D eigenvalue weighted by Crippen LogP contribution is -2.17. The van der Waals surface area contributed by atoms with Crippen LogP contribution in [0.4, 0.5) is 5.69 Å². The zero-order chi connectivity index (χ0) is 19.7. The number of fused-ring (bicyclic) bond motifs is 3. The molecule has 0 aliphatic heterocycles. The molecule has 5 nitrogen and oxygen atoms in total. The van der Waals surface area contributed by atoms with E-state index in [1.807, 2.05) is 38.1 Å². The van der Waals surface area contributed by atoms with Crippen molar-refractivity contribution in [2.24, 2.45) is 0 Å². The minimum absolute atomic E-state index is 0.0887. The Morgan fingerprint density at radius 2 is 1.79 bits per heavy atom. The van der Waals surface area contributed by atoms with E-state index in [1.165, 1.54) is 0 Å². The predicted molar refractivity (Wildman–Crippen MR) is 109 cm³/mol. The van der Waals surface area contributed by atoms with Crippen molar-refractivity contribution in [3.8, 4) is 5.75 Å². The second kappa shape index (κ2) is 7.50. The minimum Gasteiger partial charge on any atom is -0.489 e. The number of hydrogen-bond donors (Lipinski definition) is 1. The third-order valence-electron chi connectivity index (χ3n) is 4.97. The van der Waals surface area contributed by atoms with Crippen LogP contribution in [0.5, 0.6) is 5.75 Å². The summed E-state index contributed by atoms with van der Waals surface area (Å²) in [5.74, 6) is 0.283. The zero-order valence-electron chi connectivity index (χ0n) is 16.1. The van der Waals surface area contributed by atoms with Gasteiger partial charge in [-0.3, -0.25) is 4.79 Å². The Hall–Kier alpha value is -3.08. The topological polar surface area (TPSA) is 68.5 Å². The number of amides is 1. The number of carbonyl (C=O) groups is 1. The minimum atomic E-state index is -0.265. The SMILES string of the molecule is CC(C)Oc1cc2oc(=O)c3c(c2cc1NC(=O)c1ccccc1)CCCC3. The van der Waals surface area contributed by atoms with Gasteiger partial charge in [0.1, 0.15) is 11.3 Å². The highest BCUT2D eigenvalue weighted by Gasteiger charge is 2.21. The van der Waals surface area contributed by atoms with E-state index in [2.05, 4.69) is 5.32 Å². The first-order chi connectivity index (χ1) is 13.5. The highest BCUT2D eigenvalue weighted by molar-refractivity contribution is 6.06. The maximum Gasteiger partial charge on any atom is 0.339 e. The summed E-state index contributed by atoms with van der Waals surface area (Å²) < 4.78 is 11.5. The molecule has 0 radical (unpaired) electrons. The van der Waals surface area contributed by atoms with Crippen LogP contribution in [-0.4, -0.2) is 12.0 Å². The van der Waals surface area contributed by atoms with Crippen LogP contribution in [-0.2, 0) is 12.8 Å². The standard InChI is InChI=1S/C23H23NO4/c1-14(2)27-21-13-20-18(16-10-6-7-11-17(16)23(26)28-20)12-19(21)24-22(25)15-8-4-3-5-9-15/h3-5,8-9,12-14H,6-7,10-11H2,1-2H3,(H,24,25). The molecule has 1 N–H and O–H groups in total. The Labute approximate surface area is 163 Å². The van der Waals surface area contributed by atoms with Gasteiger partial charge in [0.2, 0.25) is 0 Å². The molecule has 144 valence electrons. The first-order valence-corrected chi connectivity index (χ1v) is 9.68. The molecule has 4 rings (SSSR count). The normalized spacial score (nSPS) is 13.4. The summed E-state index contributed by atoms with van der Waals surface area (Å²) in [6.45, 7) is 3.83. The van der Waals surface area contributed by atoms with Gasteiger partial charge in [-0.2, -0.15) is 0 Å². The van der Waals surface area contributed by atoms with Crippen LogP contribution in [0.25, 0.3) is 11.0 Å². The Morgan fingerprint density at radius 3 is 2.50 bits per heavy atom. The lowest BCUT2D eigenvalue weighted by molar-refractivity contribution is 0.102. The van der Waals surface area contributed by atoms with Gasteiger partial charge in [0.25, 0.3) is 5.91 Å². The van der Waals surface area contributed by atoms with E-state index in [0.29, 0.717) is 22.6 Å². The molecule has 3 aromatic rings. The molecular weight excluding hydrogens is 354 g/mol. The van der Waals surface area contributed by atoms with Crippen LogP contribution < -0.4 is 15.7 Å². The van der Waals surface area contributed by atoms with Crippen molar-refractivity contribution in [1.29, 1.82) is 0 Å². The van der Waals surface area contributed by atoms with E-state index in [-0.39, 0.29) is 17.6 Å². The third kappa shape index (κ3) is 3.52. The van der Waals surface area contributed by atoms with Gasteiger partial charge in [-0.15, -0.1) is 0 Å². The molecule has 0 fully saturated rings. The first-order valence-electron chi connectivity index (χ1n) is 9.68. The molecule has 1 aromatic heterocycles. The third-order valence-corrected chi connectivity index (χ3v) is 4.97. The van der Waals surface area contributed by atoms with Crippen molar-refractivity contribution >= 4 is 22.6 Å². The van der Waals surface area contributed by atoms with Crippen LogP contribution in [0.15, 0.2) is 51.7 Å². The molecule has 0 atom stereocenters. The van der Waals surface area contributed by atoms with Gasteiger partial charge in [0.05, 0.1) is 11.8 Å². The van der Waals surface area contributed by atoms with Crippen molar-refractivity contribution in [2.45, 2.75) is 45.6 Å². The van der Waals surface area contributed by atoms with Crippen LogP contribution >= 0.6 is 0 Å². The number of carbonyl (C=O) groups excluding carboxylic acids is 1. The van der Waals surface area contributed by atoms with E-state index >= 15 is 0 Å². The maximum atomic E-state index is 12.7. The fraction of sp³-hybridized carbons (Fsp3) is 0.304. The number of benzene rings is 2. The summed E-state index contributed by atoms with van der Waals surface area (Å²) in [4.78, 5) is 25.1. The second-order valence-corrected chi connectivity index (χ2v) is 7.39. The molecule has 0 bridgehead atoms. The molecule has 0 saturated carbocycles. The molecule has 1 aliphatic rings. The molecule has 1 heterocycles. The Bertz CT molecular complexity index is 1080. The number of aryl methyl sites for hydroxylation is 1. The van der Waals surface area contributed by atoms with Crippen LogP contribution in [0.2, 0.25) is 0 Å². The summed E-state index contributed by atoms with van der Waals surface area (Å²) in [6, 6.07) is 12.6. The number of rotatable bonds is 4. The van der Waals surface area contributed by atoms with E-state index in [1.54, 1.807) is 18.2 Å². The van der Waals surface area contributed by atoms with Gasteiger partial charge < -0.3 is 14.5 Å². The highest BCUT2D eigenvalue weighted by atomic mass is 16.5. The number of anilines is 1. The summed E-state index contributed by atoms with van der Waals surface area (Å²) >= 11 is 0. The van der Waals surface area contributed by atoms with Gasteiger partial charge in [-0.25, -0.2) is 4.79 Å². The van der Waals surface area contributed by atoms with Gasteiger partial charge in [0, 0.05) is 22.6 Å². The van der Waals surface area contributed by atoms with Crippen molar-refractivity contribution in [3.05, 3.63) is 69.6 Å². The van der Waals surface area contributed by atoms with Gasteiger partial charge in [-0.05, 0) is 63.3 Å². The van der Waals surface area contributed by atoms with Crippen LogP contribution in [0.3, 0.4) is 0 Å². The molecule has 1 aliphatic carbocycles. The smallest absolute Gasteiger partial charge is 0.339 e. The monoisotopic (exact) mass is 377 g/mol. The molecule has 1 amide bonds. The lowest BCUT2D eigenvalue weighted by Gasteiger charge is -2.19. The number of hydrogen-bond acceptors (Lipinski definition) is 4. The summed E-state index contributed by atoms with van der Waals surface area (Å²) in [7, 11) is 0. The zero-order valence-corrected chi connectivity index (χ0v) is 16.1. The van der Waals surface area contributed by atoms with Crippen molar-refractivity contribution < 1.29 is 13.9 Å². The van der Waals surface area contributed by atoms with Crippen molar-refractivity contribution in [2.75, 3.05) is 5.32 Å². The molecule has 2 aromatic carbocycles. The summed E-state index contributed by atoms with van der Waals surface area (Å²) in [5, 5.41) is 3.83. The molecule has 28 heavy (non-hydrogen) atoms. The average molecular weight is 377 g/mol. The maximum absolute atomic E-state index is 12.7. The number of nitrogens with one attached hydrogen (secondary N) is 1. The average Bonchev–Trinajstić information content (AvgIpc) is 2.69. The van der Waals surface area contributed by atoms with Gasteiger partial charge in [-0.1, -0.05) is 18.2 Å². The van der Waals surface area contributed by atoms with E-state index in [9.17, 15) is 9.59 Å². The molecule has 0 unspecified atom stereocenters. The first kappa shape index (κ1) is 18.3. The van der Waals surface area contributed by atoms with Gasteiger partial charge >= 0.3 is 5.63 Å². The summed E-state index contributed by atoms with van der Waals surface area (Å²) in [6.07, 6.45) is 3.53. The Morgan fingerprint density at radius 1 is 1.07 bits per heavy atom. The second-order valence-electron chi connectivity index (χ2n) is 7.39. The molecule has 0 spiro atoms. The van der Waals surface area contributed by atoms with Crippen LogP contribution in [0, 0.1) is 0 Å². The largest absolute Gasteiger partial charge is 0.489 e. The number of ether oxygens (including phenoxy) is 1. The highest BCUT2D eigenvalue weighted by Crippen LogP contribution is 2.35. The van der Waals surface area contributed by atoms with E-state index in [4.69, 9.17) is 9.15 Å².